The van der Waals surface area contributed by atoms with Gasteiger partial charge in [-0.25, -0.2) is 12.8 Å². The van der Waals surface area contributed by atoms with E-state index in [1.54, 1.807) is 12.1 Å². The molecule has 0 radical (unpaired) electrons. The zero-order chi connectivity index (χ0) is 15.3. The molecule has 0 fully saturated rings. The minimum Gasteiger partial charge on any atom is -0.207 e. The van der Waals surface area contributed by atoms with Gasteiger partial charge in [-0.15, -0.1) is 0 Å². The molecule has 3 nitrogen and oxygen atoms in total. The third kappa shape index (κ3) is 4.67. The van der Waals surface area contributed by atoms with Crippen LogP contribution in [0.15, 0.2) is 57.9 Å². The summed E-state index contributed by atoms with van der Waals surface area (Å²) in [5.41, 5.74) is 0.624. The number of benzene rings is 2. The average Bonchev–Trinajstić information content (AvgIpc) is 2.46. The molecule has 0 saturated heterocycles. The van der Waals surface area contributed by atoms with Crippen LogP contribution in [0.25, 0.3) is 0 Å². The van der Waals surface area contributed by atoms with Crippen molar-refractivity contribution >= 4 is 26.0 Å². The minimum atomic E-state index is -3.57. The standard InChI is InChI=1S/C15H11BrFNO2S/c16-13-5-9-15(10-6-13)21(19,20)18-11-1-2-12-3-7-14(17)8-4-12/h3-10,18H,11H2. The molecule has 0 aliphatic carbocycles. The van der Waals surface area contributed by atoms with E-state index < -0.39 is 10.0 Å². The van der Waals surface area contributed by atoms with Crippen LogP contribution in [0.2, 0.25) is 0 Å². The van der Waals surface area contributed by atoms with Gasteiger partial charge in [-0.1, -0.05) is 27.8 Å². The summed E-state index contributed by atoms with van der Waals surface area (Å²) in [5.74, 6) is 5.10. The van der Waals surface area contributed by atoms with Crippen LogP contribution in [-0.4, -0.2) is 15.0 Å². The average molecular weight is 368 g/mol. The van der Waals surface area contributed by atoms with Gasteiger partial charge in [0.1, 0.15) is 5.82 Å². The van der Waals surface area contributed by atoms with Crippen molar-refractivity contribution in [3.63, 3.8) is 0 Å². The monoisotopic (exact) mass is 367 g/mol. The molecule has 0 spiro atoms. The molecule has 0 aromatic heterocycles. The van der Waals surface area contributed by atoms with Crippen molar-refractivity contribution in [1.82, 2.24) is 4.72 Å². The third-order valence-corrected chi connectivity index (χ3v) is 4.50. The number of hydrogen-bond acceptors (Lipinski definition) is 2. The Labute approximate surface area is 131 Å². The number of rotatable bonds is 3. The summed E-state index contributed by atoms with van der Waals surface area (Å²) < 4.78 is 39.8. The van der Waals surface area contributed by atoms with Crippen LogP contribution in [0, 0.1) is 17.7 Å². The maximum atomic E-state index is 12.7. The lowest BCUT2D eigenvalue weighted by Gasteiger charge is -2.03. The first-order valence-electron chi connectivity index (χ1n) is 5.97. The van der Waals surface area contributed by atoms with Crippen molar-refractivity contribution in [2.45, 2.75) is 4.90 Å². The smallest absolute Gasteiger partial charge is 0.207 e. The van der Waals surface area contributed by atoms with E-state index in [9.17, 15) is 12.8 Å². The van der Waals surface area contributed by atoms with Crippen LogP contribution in [0.1, 0.15) is 5.56 Å². The molecular weight excluding hydrogens is 357 g/mol. The predicted octanol–water partition coefficient (Wildman–Crippen LogP) is 2.92. The Morgan fingerprint density at radius 3 is 2.29 bits per heavy atom. The van der Waals surface area contributed by atoms with Gasteiger partial charge in [0.2, 0.25) is 10.0 Å². The Hall–Kier alpha value is -1.68. The van der Waals surface area contributed by atoms with Gasteiger partial charge < -0.3 is 0 Å². The number of halogens is 2. The zero-order valence-corrected chi connectivity index (χ0v) is 13.2. The van der Waals surface area contributed by atoms with Crippen LogP contribution in [0.4, 0.5) is 4.39 Å². The maximum absolute atomic E-state index is 12.7. The lowest BCUT2D eigenvalue weighted by atomic mass is 10.2. The molecule has 21 heavy (non-hydrogen) atoms. The fourth-order valence-corrected chi connectivity index (χ4v) is 2.70. The Morgan fingerprint density at radius 1 is 1.05 bits per heavy atom. The molecule has 0 aliphatic heterocycles. The molecule has 0 saturated carbocycles. The van der Waals surface area contributed by atoms with Crippen LogP contribution in [0.5, 0.6) is 0 Å². The van der Waals surface area contributed by atoms with Gasteiger partial charge in [0.15, 0.2) is 0 Å². The molecule has 0 unspecified atom stereocenters. The highest BCUT2D eigenvalue weighted by molar-refractivity contribution is 9.10. The minimum absolute atomic E-state index is 0.0181. The number of hydrogen-bond donors (Lipinski definition) is 1. The highest BCUT2D eigenvalue weighted by atomic mass is 79.9. The van der Waals surface area contributed by atoms with Crippen molar-refractivity contribution in [1.29, 1.82) is 0 Å². The SMILES string of the molecule is O=S(=O)(NCC#Cc1ccc(F)cc1)c1ccc(Br)cc1. The lowest BCUT2D eigenvalue weighted by Crippen LogP contribution is -2.23. The molecule has 6 heteroatoms. The Balaban J connectivity index is 2.00. The third-order valence-electron chi connectivity index (χ3n) is 2.55. The molecule has 0 bridgehead atoms. The highest BCUT2D eigenvalue weighted by Crippen LogP contribution is 2.14. The Kier molecular flexibility index (Phi) is 5.12. The molecule has 0 atom stereocenters. The van der Waals surface area contributed by atoms with Crippen molar-refractivity contribution in [3.8, 4) is 11.8 Å². The number of nitrogens with one attached hydrogen (secondary N) is 1. The summed E-state index contributed by atoms with van der Waals surface area (Å²) in [7, 11) is -3.57. The van der Waals surface area contributed by atoms with E-state index in [1.807, 2.05) is 0 Å². The second kappa shape index (κ2) is 6.85. The second-order valence-electron chi connectivity index (χ2n) is 4.09. The largest absolute Gasteiger partial charge is 0.241 e. The van der Waals surface area contributed by atoms with Crippen molar-refractivity contribution in [3.05, 3.63) is 64.4 Å². The van der Waals surface area contributed by atoms with E-state index in [2.05, 4.69) is 32.5 Å². The molecule has 0 amide bonds. The van der Waals surface area contributed by atoms with E-state index in [-0.39, 0.29) is 17.3 Å². The molecule has 0 heterocycles. The first-order chi connectivity index (χ1) is 9.97. The highest BCUT2D eigenvalue weighted by Gasteiger charge is 2.11. The van der Waals surface area contributed by atoms with Gasteiger partial charge in [0, 0.05) is 10.0 Å². The van der Waals surface area contributed by atoms with Crippen molar-refractivity contribution in [2.24, 2.45) is 0 Å². The topological polar surface area (TPSA) is 46.2 Å². The van der Waals surface area contributed by atoms with Crippen LogP contribution in [0.3, 0.4) is 0 Å². The van der Waals surface area contributed by atoms with Gasteiger partial charge >= 0.3 is 0 Å². The molecule has 0 aliphatic rings. The van der Waals surface area contributed by atoms with Crippen LogP contribution < -0.4 is 4.72 Å². The summed E-state index contributed by atoms with van der Waals surface area (Å²) >= 11 is 3.24. The second-order valence-corrected chi connectivity index (χ2v) is 6.77. The fraction of sp³-hybridized carbons (Fsp3) is 0.0667. The van der Waals surface area contributed by atoms with E-state index in [4.69, 9.17) is 0 Å². The van der Waals surface area contributed by atoms with Gasteiger partial charge in [0.25, 0.3) is 0 Å². The zero-order valence-electron chi connectivity index (χ0n) is 10.8. The first-order valence-corrected chi connectivity index (χ1v) is 8.25. The summed E-state index contributed by atoms with van der Waals surface area (Å²) in [6, 6.07) is 12.0. The van der Waals surface area contributed by atoms with Crippen LogP contribution >= 0.6 is 15.9 Å². The van der Waals surface area contributed by atoms with Gasteiger partial charge in [-0.05, 0) is 48.5 Å². The molecule has 2 rings (SSSR count). The maximum Gasteiger partial charge on any atom is 0.241 e. The van der Waals surface area contributed by atoms with E-state index in [0.29, 0.717) is 5.56 Å². The molecular formula is C15H11BrFNO2S. The molecule has 1 N–H and O–H groups in total. The Bertz CT molecular complexity index is 775. The quantitative estimate of drug-likeness (QED) is 0.847. The van der Waals surface area contributed by atoms with Crippen LogP contribution in [-0.2, 0) is 10.0 Å². The van der Waals surface area contributed by atoms with E-state index >= 15 is 0 Å². The Morgan fingerprint density at radius 2 is 1.67 bits per heavy atom. The summed E-state index contributed by atoms with van der Waals surface area (Å²) in [5, 5.41) is 0. The van der Waals surface area contributed by atoms with E-state index in [1.165, 1.54) is 36.4 Å². The van der Waals surface area contributed by atoms with Gasteiger partial charge in [0.05, 0.1) is 11.4 Å². The fourth-order valence-electron chi connectivity index (χ4n) is 1.51. The summed E-state index contributed by atoms with van der Waals surface area (Å²) in [6.07, 6.45) is 0. The van der Waals surface area contributed by atoms with Gasteiger partial charge in [-0.3, -0.25) is 0 Å². The van der Waals surface area contributed by atoms with E-state index in [0.717, 1.165) is 4.47 Å². The first kappa shape index (κ1) is 15.7. The summed E-state index contributed by atoms with van der Waals surface area (Å²) in [4.78, 5) is 0.175. The summed E-state index contributed by atoms with van der Waals surface area (Å²) in [6.45, 7) is -0.0181. The molecule has 108 valence electrons. The number of sulfonamides is 1. The van der Waals surface area contributed by atoms with Gasteiger partial charge in [-0.2, -0.15) is 4.72 Å². The van der Waals surface area contributed by atoms with Crippen molar-refractivity contribution < 1.29 is 12.8 Å². The molecule has 2 aromatic rings. The molecule has 2 aromatic carbocycles. The van der Waals surface area contributed by atoms with Crippen molar-refractivity contribution in [2.75, 3.05) is 6.54 Å². The normalized spacial score (nSPS) is 10.8. The predicted molar refractivity (Wildman–Crippen MR) is 82.6 cm³/mol. The lowest BCUT2D eigenvalue weighted by molar-refractivity contribution is 0.586.